The summed E-state index contributed by atoms with van der Waals surface area (Å²) in [4.78, 5) is 19.3. The van der Waals surface area contributed by atoms with Gasteiger partial charge in [0.25, 0.3) is 0 Å². The summed E-state index contributed by atoms with van der Waals surface area (Å²) in [5.41, 5.74) is 1.13. The molecule has 8 heteroatoms. The first-order valence-electron chi connectivity index (χ1n) is 10.8. The first kappa shape index (κ1) is 22.8. The Morgan fingerprint density at radius 1 is 1.06 bits per heavy atom. The number of hydrogen-bond acceptors (Lipinski definition) is 4. The first-order chi connectivity index (χ1) is 15.5. The third-order valence-corrected chi connectivity index (χ3v) is 6.40. The van der Waals surface area contributed by atoms with Crippen molar-refractivity contribution in [3.63, 3.8) is 0 Å². The molecule has 2 heterocycles. The molecule has 0 aliphatic carbocycles. The Morgan fingerprint density at radius 3 is 2.66 bits per heavy atom. The Morgan fingerprint density at radius 2 is 1.88 bits per heavy atom. The molecule has 4 rings (SSSR count). The van der Waals surface area contributed by atoms with Crippen molar-refractivity contribution in [3.8, 4) is 0 Å². The number of piperidine rings is 1. The summed E-state index contributed by atoms with van der Waals surface area (Å²) in [6.45, 7) is 3.24. The molecule has 2 N–H and O–H groups in total. The van der Waals surface area contributed by atoms with Crippen LogP contribution in [-0.4, -0.2) is 35.4 Å². The minimum absolute atomic E-state index is 0.00804. The molecule has 0 bridgehead atoms. The van der Waals surface area contributed by atoms with E-state index >= 15 is 0 Å². The van der Waals surface area contributed by atoms with Gasteiger partial charge in [-0.3, -0.25) is 4.79 Å². The number of rotatable bonds is 7. The zero-order valence-electron chi connectivity index (χ0n) is 17.6. The van der Waals surface area contributed by atoms with Crippen molar-refractivity contribution < 1.29 is 9.18 Å². The first-order valence-corrected chi connectivity index (χ1v) is 11.6. The number of hydrogen-bond donors (Lipinski definition) is 2. The number of amides is 1. The molecule has 1 aliphatic rings. The van der Waals surface area contributed by atoms with Crippen LogP contribution >= 0.6 is 23.2 Å². The summed E-state index contributed by atoms with van der Waals surface area (Å²) in [7, 11) is 0. The average Bonchev–Trinajstić information content (AvgIpc) is 2.78. The lowest BCUT2D eigenvalue weighted by molar-refractivity contribution is -0.116. The van der Waals surface area contributed by atoms with E-state index in [1.807, 2.05) is 24.3 Å². The lowest BCUT2D eigenvalue weighted by Crippen LogP contribution is -2.31. The normalized spacial score (nSPS) is 14.5. The predicted molar refractivity (Wildman–Crippen MR) is 130 cm³/mol. The van der Waals surface area contributed by atoms with E-state index in [2.05, 4.69) is 20.5 Å². The summed E-state index contributed by atoms with van der Waals surface area (Å²) < 4.78 is 14.0. The molecule has 1 aromatic heterocycles. The van der Waals surface area contributed by atoms with Gasteiger partial charge in [0.15, 0.2) is 0 Å². The van der Waals surface area contributed by atoms with Gasteiger partial charge in [-0.15, -0.1) is 0 Å². The molecule has 0 spiro atoms. The molecule has 1 saturated heterocycles. The second-order valence-corrected chi connectivity index (χ2v) is 8.81. The van der Waals surface area contributed by atoms with Crippen LogP contribution in [0.15, 0.2) is 42.6 Å². The predicted octanol–water partition coefficient (Wildman–Crippen LogP) is 6.63. The second kappa shape index (κ2) is 10.5. The van der Waals surface area contributed by atoms with Crippen molar-refractivity contribution in [1.82, 2.24) is 9.88 Å². The highest BCUT2D eigenvalue weighted by Gasteiger charge is 2.12. The van der Waals surface area contributed by atoms with Crippen LogP contribution in [0.4, 0.5) is 21.6 Å². The van der Waals surface area contributed by atoms with Crippen molar-refractivity contribution >= 4 is 57.1 Å². The SMILES string of the molecule is O=C(CCCN1CCCCC1)Nc1ccc2ccnc(Nc3cc(F)c(Cl)c(Cl)c3)c2c1. The van der Waals surface area contributed by atoms with Crippen molar-refractivity contribution in [3.05, 3.63) is 58.5 Å². The fourth-order valence-electron chi connectivity index (χ4n) is 3.98. The van der Waals surface area contributed by atoms with Gasteiger partial charge in [-0.05, 0) is 74.6 Å². The highest BCUT2D eigenvalue weighted by Crippen LogP contribution is 2.32. The zero-order chi connectivity index (χ0) is 22.5. The number of carbonyl (C=O) groups is 1. The quantitative estimate of drug-likeness (QED) is 0.377. The molecule has 32 heavy (non-hydrogen) atoms. The van der Waals surface area contributed by atoms with Crippen molar-refractivity contribution in [1.29, 1.82) is 0 Å². The van der Waals surface area contributed by atoms with E-state index in [4.69, 9.17) is 23.2 Å². The van der Waals surface area contributed by atoms with Gasteiger partial charge in [-0.25, -0.2) is 9.37 Å². The molecule has 5 nitrogen and oxygen atoms in total. The summed E-state index contributed by atoms with van der Waals surface area (Å²) in [5.74, 6) is -0.0905. The number of aromatic nitrogens is 1. The van der Waals surface area contributed by atoms with Crippen LogP contribution in [0.1, 0.15) is 32.1 Å². The van der Waals surface area contributed by atoms with Gasteiger partial charge in [-0.1, -0.05) is 35.7 Å². The van der Waals surface area contributed by atoms with E-state index < -0.39 is 5.82 Å². The molecule has 0 atom stereocenters. The number of fused-ring (bicyclic) bond motifs is 1. The Labute approximate surface area is 196 Å². The minimum Gasteiger partial charge on any atom is -0.340 e. The summed E-state index contributed by atoms with van der Waals surface area (Å²) in [5, 5.41) is 7.80. The van der Waals surface area contributed by atoms with E-state index in [0.717, 1.165) is 36.8 Å². The monoisotopic (exact) mass is 474 g/mol. The summed E-state index contributed by atoms with van der Waals surface area (Å²) >= 11 is 11.8. The van der Waals surface area contributed by atoms with Gasteiger partial charge in [0.2, 0.25) is 5.91 Å². The van der Waals surface area contributed by atoms with E-state index in [1.54, 1.807) is 12.3 Å². The largest absolute Gasteiger partial charge is 0.340 e. The maximum Gasteiger partial charge on any atom is 0.224 e. The third kappa shape index (κ3) is 5.68. The second-order valence-electron chi connectivity index (χ2n) is 8.03. The minimum atomic E-state index is -0.612. The number of nitrogens with zero attached hydrogens (tertiary/aromatic N) is 2. The molecule has 1 fully saturated rings. The van der Waals surface area contributed by atoms with Crippen LogP contribution in [-0.2, 0) is 4.79 Å². The topological polar surface area (TPSA) is 57.3 Å². The van der Waals surface area contributed by atoms with Crippen LogP contribution in [0, 0.1) is 5.82 Å². The van der Waals surface area contributed by atoms with Crippen LogP contribution < -0.4 is 10.6 Å². The van der Waals surface area contributed by atoms with E-state index in [0.29, 0.717) is 23.6 Å². The molecule has 1 aliphatic heterocycles. The summed E-state index contributed by atoms with van der Waals surface area (Å²) in [6.07, 6.45) is 6.80. The standard InChI is InChI=1S/C24H25Cl2FN4O/c25-20-14-18(15-21(27)23(20)26)30-24-19-13-17(7-6-16(19)8-9-28-24)29-22(32)5-4-12-31-10-2-1-3-11-31/h6-9,13-15H,1-5,10-12H2,(H,28,30)(H,29,32). The summed E-state index contributed by atoms with van der Waals surface area (Å²) in [6, 6.07) is 10.3. The number of nitrogens with one attached hydrogen (secondary N) is 2. The molecular formula is C24H25Cl2FN4O. The van der Waals surface area contributed by atoms with Gasteiger partial charge >= 0.3 is 0 Å². The van der Waals surface area contributed by atoms with Gasteiger partial charge in [0.1, 0.15) is 11.6 Å². The van der Waals surface area contributed by atoms with Crippen molar-refractivity contribution in [2.45, 2.75) is 32.1 Å². The van der Waals surface area contributed by atoms with E-state index in [-0.39, 0.29) is 16.0 Å². The highest BCUT2D eigenvalue weighted by molar-refractivity contribution is 6.42. The fraction of sp³-hybridized carbons (Fsp3) is 0.333. The van der Waals surface area contributed by atoms with E-state index in [1.165, 1.54) is 25.3 Å². The highest BCUT2D eigenvalue weighted by atomic mass is 35.5. The lowest BCUT2D eigenvalue weighted by atomic mass is 10.1. The van der Waals surface area contributed by atoms with Crippen LogP contribution in [0.5, 0.6) is 0 Å². The number of likely N-dealkylation sites (tertiary alicyclic amines) is 1. The Hall–Kier alpha value is -2.41. The van der Waals surface area contributed by atoms with Crippen molar-refractivity contribution in [2.24, 2.45) is 0 Å². The molecule has 2 aromatic carbocycles. The maximum atomic E-state index is 14.0. The number of benzene rings is 2. The number of anilines is 3. The number of carbonyl (C=O) groups excluding carboxylic acids is 1. The molecular weight excluding hydrogens is 450 g/mol. The van der Waals surface area contributed by atoms with Gasteiger partial charge < -0.3 is 15.5 Å². The smallest absolute Gasteiger partial charge is 0.224 e. The molecule has 0 radical (unpaired) electrons. The van der Waals surface area contributed by atoms with E-state index in [9.17, 15) is 9.18 Å². The maximum absolute atomic E-state index is 14.0. The van der Waals surface area contributed by atoms with Gasteiger partial charge in [0.05, 0.1) is 10.0 Å². The van der Waals surface area contributed by atoms with Crippen LogP contribution in [0.25, 0.3) is 10.8 Å². The zero-order valence-corrected chi connectivity index (χ0v) is 19.1. The van der Waals surface area contributed by atoms with Crippen molar-refractivity contribution in [2.75, 3.05) is 30.3 Å². The van der Waals surface area contributed by atoms with Crippen LogP contribution in [0.3, 0.4) is 0 Å². The average molecular weight is 475 g/mol. The Bertz CT molecular complexity index is 1100. The molecule has 1 amide bonds. The molecule has 0 unspecified atom stereocenters. The van der Waals surface area contributed by atoms with Gasteiger partial charge in [0, 0.05) is 29.4 Å². The number of pyridine rings is 1. The molecule has 3 aromatic rings. The van der Waals surface area contributed by atoms with Gasteiger partial charge in [-0.2, -0.15) is 0 Å². The molecule has 168 valence electrons. The third-order valence-electron chi connectivity index (χ3n) is 5.62. The Kier molecular flexibility index (Phi) is 7.45. The Balaban J connectivity index is 1.44. The fourth-order valence-corrected chi connectivity index (χ4v) is 4.30. The lowest BCUT2D eigenvalue weighted by Gasteiger charge is -2.26. The number of halogens is 3. The van der Waals surface area contributed by atoms with Crippen LogP contribution in [0.2, 0.25) is 10.0 Å². The molecule has 0 saturated carbocycles.